The number of amides is 2. The van der Waals surface area contributed by atoms with Crippen LogP contribution in [0.4, 0.5) is 4.79 Å². The number of carboxylic acid groups (broad SMARTS) is 1. The summed E-state index contributed by atoms with van der Waals surface area (Å²) in [6, 6.07) is 22.5. The van der Waals surface area contributed by atoms with Gasteiger partial charge in [-0.1, -0.05) is 92.2 Å². The molecule has 0 aromatic heterocycles. The summed E-state index contributed by atoms with van der Waals surface area (Å²) in [5.74, 6) is -1.48. The zero-order valence-electron chi connectivity index (χ0n) is 21.6. The largest absolute Gasteiger partial charge is 0.480 e. The van der Waals surface area contributed by atoms with E-state index < -0.39 is 24.0 Å². The Morgan fingerprint density at radius 1 is 0.974 bits per heavy atom. The Hall–Kier alpha value is -3.84. The van der Waals surface area contributed by atoms with Crippen molar-refractivity contribution in [3.05, 3.63) is 95.0 Å². The summed E-state index contributed by atoms with van der Waals surface area (Å²) < 4.78 is 5.32. The van der Waals surface area contributed by atoms with Gasteiger partial charge >= 0.3 is 18.0 Å². The number of hydrogen-bond donors (Lipinski definition) is 2. The van der Waals surface area contributed by atoms with Crippen LogP contribution in [-0.4, -0.2) is 47.1 Å². The molecule has 0 aliphatic rings. The van der Waals surface area contributed by atoms with Crippen molar-refractivity contribution in [1.82, 2.24) is 10.2 Å². The maximum Gasteiger partial charge on any atom is 0.326 e. The Morgan fingerprint density at radius 3 is 2.26 bits per heavy atom. The minimum absolute atomic E-state index is 0.00282. The maximum absolute atomic E-state index is 13.2. The monoisotopic (exact) mass is 536 g/mol. The number of nitrogens with zero attached hydrogens (tertiary/aromatic N) is 1. The van der Waals surface area contributed by atoms with Crippen LogP contribution in [-0.2, 0) is 27.4 Å². The number of hydrogen-bond acceptors (Lipinski definition) is 4. The van der Waals surface area contributed by atoms with E-state index in [9.17, 15) is 19.5 Å². The molecule has 200 valence electrons. The zero-order valence-corrected chi connectivity index (χ0v) is 22.4. The van der Waals surface area contributed by atoms with Gasteiger partial charge in [0, 0.05) is 24.5 Å². The molecule has 38 heavy (non-hydrogen) atoms. The number of halogens is 1. The second-order valence-electron chi connectivity index (χ2n) is 9.45. The van der Waals surface area contributed by atoms with Gasteiger partial charge in [-0.15, -0.1) is 0 Å². The molecule has 1 atom stereocenters. The third-order valence-corrected chi connectivity index (χ3v) is 6.11. The van der Waals surface area contributed by atoms with Crippen molar-refractivity contribution in [2.24, 2.45) is 5.92 Å². The van der Waals surface area contributed by atoms with E-state index in [1.807, 2.05) is 80.6 Å². The van der Waals surface area contributed by atoms with Gasteiger partial charge in [-0.25, -0.2) is 9.59 Å². The maximum atomic E-state index is 13.2. The van der Waals surface area contributed by atoms with Gasteiger partial charge in [-0.2, -0.15) is 0 Å². The van der Waals surface area contributed by atoms with Crippen molar-refractivity contribution in [3.63, 3.8) is 0 Å². The molecular weight excluding hydrogens is 504 g/mol. The topological polar surface area (TPSA) is 95.9 Å². The number of esters is 1. The minimum Gasteiger partial charge on any atom is -0.480 e. The summed E-state index contributed by atoms with van der Waals surface area (Å²) in [5.41, 5.74) is 3.34. The van der Waals surface area contributed by atoms with Gasteiger partial charge in [0.1, 0.15) is 12.6 Å². The number of carbonyl (C=O) groups excluding carboxylic acids is 2. The summed E-state index contributed by atoms with van der Waals surface area (Å²) in [6.45, 7) is 4.51. The molecule has 2 amide bonds. The lowest BCUT2D eigenvalue weighted by Gasteiger charge is -2.27. The Balaban J connectivity index is 1.67. The van der Waals surface area contributed by atoms with Crippen LogP contribution >= 0.6 is 11.6 Å². The lowest BCUT2D eigenvalue weighted by Crippen LogP contribution is -2.50. The smallest absolute Gasteiger partial charge is 0.326 e. The van der Waals surface area contributed by atoms with Crippen LogP contribution in [0.1, 0.15) is 31.4 Å². The molecule has 0 aliphatic heterocycles. The van der Waals surface area contributed by atoms with Gasteiger partial charge in [0.15, 0.2) is 0 Å². The second kappa shape index (κ2) is 14.2. The molecule has 7 nitrogen and oxygen atoms in total. The molecule has 3 aromatic rings. The number of rotatable bonds is 12. The molecule has 0 saturated carbocycles. The number of aliphatic carboxylic acids is 1. The number of benzene rings is 3. The minimum atomic E-state index is -1.19. The van der Waals surface area contributed by atoms with Crippen LogP contribution in [0, 0.1) is 5.92 Å². The van der Waals surface area contributed by atoms with E-state index in [1.54, 1.807) is 12.1 Å². The van der Waals surface area contributed by atoms with Crippen LogP contribution in [0.2, 0.25) is 5.02 Å². The Labute approximate surface area is 228 Å². The molecule has 0 heterocycles. The first-order valence-electron chi connectivity index (χ1n) is 12.5. The third kappa shape index (κ3) is 8.92. The molecule has 0 aliphatic carbocycles. The van der Waals surface area contributed by atoms with Gasteiger partial charge in [-0.05, 0) is 40.3 Å². The molecule has 0 bridgehead atoms. The van der Waals surface area contributed by atoms with E-state index in [4.69, 9.17) is 16.3 Å². The summed E-state index contributed by atoms with van der Waals surface area (Å²) in [6.07, 6.45) is 0.0393. The third-order valence-electron chi connectivity index (χ3n) is 5.87. The lowest BCUT2D eigenvalue weighted by atomic mass is 9.95. The van der Waals surface area contributed by atoms with Crippen molar-refractivity contribution >= 4 is 29.6 Å². The molecule has 0 spiro atoms. The highest BCUT2D eigenvalue weighted by Gasteiger charge is 2.26. The van der Waals surface area contributed by atoms with E-state index in [2.05, 4.69) is 5.32 Å². The van der Waals surface area contributed by atoms with E-state index in [0.29, 0.717) is 17.1 Å². The predicted molar refractivity (Wildman–Crippen MR) is 148 cm³/mol. The average Bonchev–Trinajstić information content (AvgIpc) is 2.90. The molecule has 0 saturated heterocycles. The average molecular weight is 537 g/mol. The van der Waals surface area contributed by atoms with Crippen molar-refractivity contribution in [1.29, 1.82) is 0 Å². The predicted octanol–water partition coefficient (Wildman–Crippen LogP) is 5.80. The summed E-state index contributed by atoms with van der Waals surface area (Å²) in [5, 5.41) is 13.1. The van der Waals surface area contributed by atoms with Gasteiger partial charge < -0.3 is 20.1 Å². The lowest BCUT2D eigenvalue weighted by molar-refractivity contribution is -0.145. The van der Waals surface area contributed by atoms with Gasteiger partial charge in [0.2, 0.25) is 0 Å². The molecule has 0 fully saturated rings. The van der Waals surface area contributed by atoms with Crippen LogP contribution < -0.4 is 5.32 Å². The fraction of sp³-hybridized carbons (Fsp3) is 0.300. The van der Waals surface area contributed by atoms with Gasteiger partial charge in [-0.3, -0.25) is 4.79 Å². The first-order chi connectivity index (χ1) is 18.2. The zero-order chi connectivity index (χ0) is 27.5. The number of ether oxygens (including phenoxy) is 1. The van der Waals surface area contributed by atoms with E-state index >= 15 is 0 Å². The fourth-order valence-electron chi connectivity index (χ4n) is 4.04. The molecule has 3 rings (SSSR count). The van der Waals surface area contributed by atoms with Crippen molar-refractivity contribution in [2.45, 2.75) is 39.3 Å². The number of nitrogens with one attached hydrogen (secondary N) is 1. The van der Waals surface area contributed by atoms with Crippen LogP contribution in [0.5, 0.6) is 0 Å². The second-order valence-corrected chi connectivity index (χ2v) is 9.88. The van der Waals surface area contributed by atoms with Gasteiger partial charge in [0.05, 0.1) is 6.42 Å². The molecule has 3 aromatic carbocycles. The van der Waals surface area contributed by atoms with Crippen molar-refractivity contribution < 1.29 is 24.2 Å². The molecule has 2 N–H and O–H groups in total. The fourth-order valence-corrected chi connectivity index (χ4v) is 4.24. The number of carboxylic acids is 1. The highest BCUT2D eigenvalue weighted by molar-refractivity contribution is 6.30. The Kier molecular flexibility index (Phi) is 10.7. The molecule has 0 radical (unpaired) electrons. The van der Waals surface area contributed by atoms with Gasteiger partial charge in [0.25, 0.3) is 0 Å². The normalized spacial score (nSPS) is 11.6. The summed E-state index contributed by atoms with van der Waals surface area (Å²) in [4.78, 5) is 39.1. The van der Waals surface area contributed by atoms with Crippen molar-refractivity contribution in [3.8, 4) is 11.1 Å². The quantitative estimate of drug-likeness (QED) is 0.285. The van der Waals surface area contributed by atoms with Crippen molar-refractivity contribution in [2.75, 3.05) is 13.1 Å². The molecule has 0 unspecified atom stereocenters. The Morgan fingerprint density at radius 2 is 1.63 bits per heavy atom. The highest BCUT2D eigenvalue weighted by Crippen LogP contribution is 2.27. The molecular formula is C30H33ClN2O5. The van der Waals surface area contributed by atoms with E-state index in [-0.39, 0.29) is 31.9 Å². The first kappa shape index (κ1) is 28.7. The SMILES string of the molecule is CC(C)CN(CCC(=O)OCc1ccccc1)C(=O)N[C@@H](Cc1cc(Cl)ccc1-c1ccccc1)C(=O)O. The number of carbonyl (C=O) groups is 3. The van der Waals surface area contributed by atoms with Crippen LogP contribution in [0.3, 0.4) is 0 Å². The highest BCUT2D eigenvalue weighted by atomic mass is 35.5. The standard InChI is InChI=1S/C30H33ClN2O5/c1-21(2)19-33(16-15-28(34)38-20-22-9-5-3-6-10-22)30(37)32-27(29(35)36)18-24-17-25(31)13-14-26(24)23-11-7-4-8-12-23/h3-14,17,21,27H,15-16,18-20H2,1-2H3,(H,32,37)(H,35,36)/t27-/m0/s1. The van der Waals surface area contributed by atoms with E-state index in [0.717, 1.165) is 16.7 Å². The van der Waals surface area contributed by atoms with Crippen LogP contribution in [0.15, 0.2) is 78.9 Å². The molecule has 8 heteroatoms. The Bertz CT molecular complexity index is 1220. The number of urea groups is 1. The van der Waals surface area contributed by atoms with Crippen LogP contribution in [0.25, 0.3) is 11.1 Å². The summed E-state index contributed by atoms with van der Waals surface area (Å²) >= 11 is 6.23. The van der Waals surface area contributed by atoms with E-state index in [1.165, 1.54) is 4.90 Å². The first-order valence-corrected chi connectivity index (χ1v) is 12.9. The summed E-state index contributed by atoms with van der Waals surface area (Å²) in [7, 11) is 0.